The van der Waals surface area contributed by atoms with E-state index in [1.807, 2.05) is 6.07 Å². The molecule has 1 saturated heterocycles. The highest BCUT2D eigenvalue weighted by Gasteiger charge is 2.39. The molecule has 0 aromatic carbocycles. The monoisotopic (exact) mass is 310 g/mol. The molecule has 2 rings (SSSR count). The van der Waals surface area contributed by atoms with Gasteiger partial charge in [0, 0.05) is 5.92 Å². The summed E-state index contributed by atoms with van der Waals surface area (Å²) in [5.74, 6) is -0.677. The minimum Gasteiger partial charge on any atom is -0.343 e. The maximum absolute atomic E-state index is 9.51. The van der Waals surface area contributed by atoms with Crippen molar-refractivity contribution in [2.24, 2.45) is 23.7 Å². The van der Waals surface area contributed by atoms with Crippen molar-refractivity contribution in [1.29, 1.82) is 21.0 Å². The summed E-state index contributed by atoms with van der Waals surface area (Å²) >= 11 is 0. The Morgan fingerprint density at radius 2 is 1.35 bits per heavy atom. The highest BCUT2D eigenvalue weighted by molar-refractivity contribution is 5.09. The van der Waals surface area contributed by atoms with E-state index < -0.39 is 24.0 Å². The lowest BCUT2D eigenvalue weighted by Gasteiger charge is -2.29. The molecule has 0 N–H and O–H groups in total. The standard InChI is InChI=1S/C18H22N4O/c19-9-14-6-3-1-2-5-13-7-4-8-15(13)17(11-21)23-18(12-22)16(14)10-20/h13-18H,1-8H2. The molecule has 120 valence electrons. The van der Waals surface area contributed by atoms with Gasteiger partial charge in [-0.25, -0.2) is 0 Å². The van der Waals surface area contributed by atoms with Gasteiger partial charge in [-0.15, -0.1) is 0 Å². The van der Waals surface area contributed by atoms with E-state index in [4.69, 9.17) is 4.74 Å². The maximum atomic E-state index is 9.51. The Morgan fingerprint density at radius 3 is 2.00 bits per heavy atom. The highest BCUT2D eigenvalue weighted by Crippen LogP contribution is 2.40. The first-order valence-electron chi connectivity index (χ1n) is 8.49. The Labute approximate surface area is 138 Å². The van der Waals surface area contributed by atoms with E-state index in [0.29, 0.717) is 12.3 Å². The zero-order valence-electron chi connectivity index (χ0n) is 13.3. The summed E-state index contributed by atoms with van der Waals surface area (Å²) in [6, 6.07) is 8.47. The van der Waals surface area contributed by atoms with Gasteiger partial charge in [0.25, 0.3) is 0 Å². The van der Waals surface area contributed by atoms with E-state index in [0.717, 1.165) is 44.9 Å². The molecule has 0 aromatic rings. The molecule has 2 aliphatic rings. The quantitative estimate of drug-likeness (QED) is 0.681. The third kappa shape index (κ3) is 4.01. The topological polar surface area (TPSA) is 104 Å². The van der Waals surface area contributed by atoms with Gasteiger partial charge in [-0.2, -0.15) is 21.0 Å². The minimum atomic E-state index is -1.00. The lowest BCUT2D eigenvalue weighted by Crippen LogP contribution is -2.35. The average Bonchev–Trinajstić information content (AvgIpc) is 3.03. The lowest BCUT2D eigenvalue weighted by atomic mass is 9.83. The van der Waals surface area contributed by atoms with E-state index in [-0.39, 0.29) is 5.92 Å². The molecule has 5 heteroatoms. The van der Waals surface area contributed by atoms with Crippen LogP contribution >= 0.6 is 0 Å². The van der Waals surface area contributed by atoms with Gasteiger partial charge in [-0.05, 0) is 18.8 Å². The van der Waals surface area contributed by atoms with Crippen LogP contribution in [0.25, 0.3) is 0 Å². The van der Waals surface area contributed by atoms with Crippen molar-refractivity contribution in [2.75, 3.05) is 0 Å². The summed E-state index contributed by atoms with van der Waals surface area (Å²) in [6.45, 7) is 0. The molecular formula is C18H22N4O. The second-order valence-corrected chi connectivity index (χ2v) is 6.62. The van der Waals surface area contributed by atoms with Gasteiger partial charge in [0.15, 0.2) is 6.10 Å². The predicted octanol–water partition coefficient (Wildman–Crippen LogP) is 3.45. The Bertz CT molecular complexity index is 562. The molecule has 1 aliphatic heterocycles. The van der Waals surface area contributed by atoms with Gasteiger partial charge in [-0.1, -0.05) is 38.5 Å². The van der Waals surface area contributed by atoms with Crippen LogP contribution in [-0.2, 0) is 4.74 Å². The summed E-state index contributed by atoms with van der Waals surface area (Å²) < 4.78 is 5.78. The molecule has 5 nitrogen and oxygen atoms in total. The van der Waals surface area contributed by atoms with Crippen LogP contribution < -0.4 is 0 Å². The Morgan fingerprint density at radius 1 is 0.652 bits per heavy atom. The van der Waals surface area contributed by atoms with Crippen molar-refractivity contribution in [3.05, 3.63) is 0 Å². The van der Waals surface area contributed by atoms with E-state index in [9.17, 15) is 21.0 Å². The van der Waals surface area contributed by atoms with Gasteiger partial charge < -0.3 is 4.74 Å². The first-order valence-corrected chi connectivity index (χ1v) is 8.49. The molecule has 1 aliphatic carbocycles. The second kappa shape index (κ2) is 8.53. The molecular weight excluding hydrogens is 288 g/mol. The van der Waals surface area contributed by atoms with Crippen LogP contribution in [0, 0.1) is 69.0 Å². The minimum absolute atomic E-state index is 0.148. The largest absolute Gasteiger partial charge is 0.343 e. The third-order valence-corrected chi connectivity index (χ3v) is 5.32. The van der Waals surface area contributed by atoms with Crippen LogP contribution in [0.4, 0.5) is 0 Å². The number of rotatable bonds is 0. The molecule has 0 aromatic heterocycles. The summed E-state index contributed by atoms with van der Waals surface area (Å²) in [5.41, 5.74) is 0. The van der Waals surface area contributed by atoms with Gasteiger partial charge in [0.2, 0.25) is 0 Å². The number of ether oxygens (including phenoxy) is 1. The number of nitriles is 4. The normalized spacial score (nSPS) is 38.4. The molecule has 1 saturated carbocycles. The SMILES string of the molecule is N#CC1CCCCCC2CCCC2C(C#N)OC(C#N)C1C#N. The first-order chi connectivity index (χ1) is 11.2. The number of hydrogen-bond acceptors (Lipinski definition) is 5. The van der Waals surface area contributed by atoms with E-state index in [2.05, 4.69) is 18.2 Å². The smallest absolute Gasteiger partial charge is 0.162 e. The molecule has 23 heavy (non-hydrogen) atoms. The van der Waals surface area contributed by atoms with Gasteiger partial charge in [0.05, 0.1) is 30.2 Å². The molecule has 0 amide bonds. The number of hydrogen-bond donors (Lipinski definition) is 0. The zero-order chi connectivity index (χ0) is 16.7. The zero-order valence-corrected chi connectivity index (χ0v) is 13.3. The van der Waals surface area contributed by atoms with Gasteiger partial charge in [-0.3, -0.25) is 0 Å². The number of fused-ring (bicyclic) bond motifs is 1. The molecule has 6 unspecified atom stereocenters. The van der Waals surface area contributed by atoms with Crippen LogP contribution in [-0.4, -0.2) is 12.2 Å². The van der Waals surface area contributed by atoms with Crippen molar-refractivity contribution in [1.82, 2.24) is 0 Å². The van der Waals surface area contributed by atoms with Crippen LogP contribution in [0.1, 0.15) is 51.4 Å². The van der Waals surface area contributed by atoms with Crippen LogP contribution in [0.3, 0.4) is 0 Å². The predicted molar refractivity (Wildman–Crippen MR) is 82.0 cm³/mol. The van der Waals surface area contributed by atoms with Gasteiger partial charge in [0.1, 0.15) is 12.0 Å². The summed E-state index contributed by atoms with van der Waals surface area (Å²) in [7, 11) is 0. The fourth-order valence-corrected chi connectivity index (χ4v) is 4.04. The van der Waals surface area contributed by atoms with Crippen LogP contribution in [0.5, 0.6) is 0 Å². The fraction of sp³-hybridized carbons (Fsp3) is 0.778. The molecule has 0 radical (unpaired) electrons. The third-order valence-electron chi connectivity index (χ3n) is 5.32. The van der Waals surface area contributed by atoms with Crippen molar-refractivity contribution >= 4 is 0 Å². The van der Waals surface area contributed by atoms with E-state index in [1.165, 1.54) is 0 Å². The molecule has 1 heterocycles. The highest BCUT2D eigenvalue weighted by atomic mass is 16.5. The molecule has 0 spiro atoms. The first kappa shape index (κ1) is 17.3. The molecule has 6 atom stereocenters. The number of nitrogens with zero attached hydrogens (tertiary/aromatic N) is 4. The van der Waals surface area contributed by atoms with Crippen molar-refractivity contribution < 1.29 is 4.74 Å². The van der Waals surface area contributed by atoms with E-state index in [1.54, 1.807) is 0 Å². The maximum Gasteiger partial charge on any atom is 0.162 e. The molecule has 2 fully saturated rings. The van der Waals surface area contributed by atoms with Crippen LogP contribution in [0.2, 0.25) is 0 Å². The second-order valence-electron chi connectivity index (χ2n) is 6.62. The summed E-state index contributed by atoms with van der Waals surface area (Å²) in [6.07, 6.45) is 6.22. The Balaban J connectivity index is 2.25. The van der Waals surface area contributed by atoms with Crippen molar-refractivity contribution in [3.8, 4) is 24.3 Å². The lowest BCUT2D eigenvalue weighted by molar-refractivity contribution is -0.0196. The van der Waals surface area contributed by atoms with Crippen LogP contribution in [0.15, 0.2) is 0 Å². The van der Waals surface area contributed by atoms with Gasteiger partial charge >= 0.3 is 0 Å². The van der Waals surface area contributed by atoms with Crippen molar-refractivity contribution in [3.63, 3.8) is 0 Å². The Hall–Kier alpha value is -2.08. The molecule has 0 bridgehead atoms. The summed E-state index contributed by atoms with van der Waals surface area (Å²) in [5, 5.41) is 37.7. The summed E-state index contributed by atoms with van der Waals surface area (Å²) in [4.78, 5) is 0. The Kier molecular flexibility index (Phi) is 6.40. The van der Waals surface area contributed by atoms with E-state index >= 15 is 0 Å². The average molecular weight is 310 g/mol. The fourth-order valence-electron chi connectivity index (χ4n) is 4.04. The van der Waals surface area contributed by atoms with Crippen molar-refractivity contribution in [2.45, 2.75) is 63.6 Å².